The Labute approximate surface area is 191 Å². The zero-order chi connectivity index (χ0) is 23.2. The van der Waals surface area contributed by atoms with E-state index in [-0.39, 0.29) is 18.1 Å². The molecule has 1 aromatic heterocycles. The molecule has 33 heavy (non-hydrogen) atoms. The maximum absolute atomic E-state index is 13.5. The van der Waals surface area contributed by atoms with Crippen LogP contribution in [0.25, 0.3) is 5.69 Å². The summed E-state index contributed by atoms with van der Waals surface area (Å²) in [6.07, 6.45) is 0.709. The number of morpholine rings is 1. The van der Waals surface area contributed by atoms with Gasteiger partial charge in [-0.1, -0.05) is 0 Å². The van der Waals surface area contributed by atoms with Crippen molar-refractivity contribution in [3.63, 3.8) is 0 Å². The Kier molecular flexibility index (Phi) is 7.21. The molecular weight excluding hydrogens is 427 g/mol. The second-order valence-corrected chi connectivity index (χ2v) is 7.67. The van der Waals surface area contributed by atoms with Gasteiger partial charge in [-0.2, -0.15) is 5.10 Å². The topological polar surface area (TPSA) is 77.8 Å². The molecule has 1 amide bonds. The highest BCUT2D eigenvalue weighted by Gasteiger charge is 2.21. The first-order chi connectivity index (χ1) is 16.0. The Morgan fingerprint density at radius 2 is 1.76 bits per heavy atom. The monoisotopic (exact) mass is 454 g/mol. The third-order valence-electron chi connectivity index (χ3n) is 5.38. The number of methoxy groups -OCH3 is 1. The molecule has 4 rings (SSSR count). The quantitative estimate of drug-likeness (QED) is 0.562. The molecule has 0 spiro atoms. The fourth-order valence-electron chi connectivity index (χ4n) is 3.59. The fourth-order valence-corrected chi connectivity index (χ4v) is 3.59. The van der Waals surface area contributed by atoms with E-state index in [0.29, 0.717) is 55.8 Å². The predicted octanol–water partition coefficient (Wildman–Crippen LogP) is 3.42. The zero-order valence-electron chi connectivity index (χ0n) is 18.7. The molecule has 0 radical (unpaired) electrons. The number of amides is 1. The summed E-state index contributed by atoms with van der Waals surface area (Å²) in [4.78, 5) is 12.5. The second-order valence-electron chi connectivity index (χ2n) is 7.67. The molecule has 0 bridgehead atoms. The van der Waals surface area contributed by atoms with Crippen molar-refractivity contribution < 1.29 is 23.4 Å². The molecule has 1 saturated heterocycles. The number of rotatable bonds is 8. The van der Waals surface area contributed by atoms with Crippen LogP contribution in [0.5, 0.6) is 17.4 Å². The molecule has 174 valence electrons. The van der Waals surface area contributed by atoms with Crippen LogP contribution >= 0.6 is 0 Å². The van der Waals surface area contributed by atoms with E-state index >= 15 is 0 Å². The van der Waals surface area contributed by atoms with Crippen molar-refractivity contribution in [1.29, 1.82) is 0 Å². The third-order valence-corrected chi connectivity index (χ3v) is 5.38. The lowest BCUT2D eigenvalue weighted by Crippen LogP contribution is -2.48. The number of aromatic nitrogens is 2. The average Bonchev–Trinajstić information content (AvgIpc) is 3.14. The van der Waals surface area contributed by atoms with Crippen LogP contribution in [0.4, 0.5) is 4.39 Å². The summed E-state index contributed by atoms with van der Waals surface area (Å²) in [6.45, 7) is 4.40. The van der Waals surface area contributed by atoms with Crippen molar-refractivity contribution in [1.82, 2.24) is 20.2 Å². The van der Waals surface area contributed by atoms with Gasteiger partial charge in [0, 0.05) is 25.1 Å². The van der Waals surface area contributed by atoms with E-state index in [9.17, 15) is 9.18 Å². The van der Waals surface area contributed by atoms with Crippen LogP contribution in [0.2, 0.25) is 0 Å². The summed E-state index contributed by atoms with van der Waals surface area (Å²) in [5, 5.41) is 6.49. The number of nitrogens with zero attached hydrogens (tertiary/aromatic N) is 3. The molecule has 0 aliphatic carbocycles. The number of ether oxygens (including phenoxy) is 3. The van der Waals surface area contributed by atoms with E-state index in [2.05, 4.69) is 10.5 Å². The Morgan fingerprint density at radius 3 is 2.42 bits per heavy atom. The number of carbonyl (C=O) groups is 1. The number of hydrogen-bond donors (Lipinski definition) is 1. The molecule has 0 saturated carbocycles. The predicted molar refractivity (Wildman–Crippen MR) is 120 cm³/mol. The summed E-state index contributed by atoms with van der Waals surface area (Å²) in [7, 11) is 1.60. The first-order valence-electron chi connectivity index (χ1n) is 10.8. The van der Waals surface area contributed by atoms with Crippen molar-refractivity contribution in [3.8, 4) is 23.1 Å². The highest BCUT2D eigenvalue weighted by atomic mass is 19.1. The van der Waals surface area contributed by atoms with Crippen molar-refractivity contribution in [2.45, 2.75) is 19.8 Å². The molecule has 0 unspecified atom stereocenters. The number of benzene rings is 2. The van der Waals surface area contributed by atoms with Crippen LogP contribution in [-0.4, -0.2) is 54.1 Å². The van der Waals surface area contributed by atoms with Gasteiger partial charge in [0.15, 0.2) is 0 Å². The van der Waals surface area contributed by atoms with Gasteiger partial charge in [0.2, 0.25) is 11.8 Å². The van der Waals surface area contributed by atoms with E-state index in [1.165, 1.54) is 12.1 Å². The molecule has 1 aliphatic heterocycles. The third kappa shape index (κ3) is 5.68. The van der Waals surface area contributed by atoms with Crippen LogP contribution < -0.4 is 14.9 Å². The van der Waals surface area contributed by atoms with E-state index in [1.54, 1.807) is 48.2 Å². The smallest absolute Gasteiger partial charge is 0.234 e. The van der Waals surface area contributed by atoms with Gasteiger partial charge in [-0.25, -0.2) is 14.1 Å². The molecule has 1 aliphatic rings. The summed E-state index contributed by atoms with van der Waals surface area (Å²) in [6, 6.07) is 13.2. The Morgan fingerprint density at radius 1 is 1.09 bits per heavy atom. The SMILES string of the molecule is COc1ccc(Oc2c(CCC(=O)NN3CCOCC3)c(C)nn2-c2ccc(F)cc2)cc1. The molecule has 9 heteroatoms. The van der Waals surface area contributed by atoms with E-state index in [4.69, 9.17) is 14.2 Å². The Hall–Kier alpha value is -3.43. The zero-order valence-corrected chi connectivity index (χ0v) is 18.7. The van der Waals surface area contributed by atoms with Crippen LogP contribution in [0.1, 0.15) is 17.7 Å². The molecule has 3 aromatic rings. The van der Waals surface area contributed by atoms with Gasteiger partial charge in [0.1, 0.15) is 17.3 Å². The molecule has 8 nitrogen and oxygen atoms in total. The number of hydrazine groups is 1. The first-order valence-corrected chi connectivity index (χ1v) is 10.8. The molecular formula is C24H27FN4O4. The Balaban J connectivity index is 1.57. The van der Waals surface area contributed by atoms with Gasteiger partial charge in [-0.15, -0.1) is 0 Å². The molecule has 2 heterocycles. The molecule has 0 atom stereocenters. The summed E-state index contributed by atoms with van der Waals surface area (Å²) in [5.41, 5.74) is 5.14. The minimum atomic E-state index is -0.333. The minimum Gasteiger partial charge on any atom is -0.497 e. The summed E-state index contributed by atoms with van der Waals surface area (Å²) >= 11 is 0. The fraction of sp³-hybridized carbons (Fsp3) is 0.333. The normalized spacial score (nSPS) is 14.2. The first kappa shape index (κ1) is 22.8. The number of halogens is 1. The van der Waals surface area contributed by atoms with E-state index in [0.717, 1.165) is 11.3 Å². The standard InChI is InChI=1S/C24H27FN4O4/c1-17-22(11-12-23(30)27-28-13-15-32-16-14-28)24(33-21-9-7-20(31-2)8-10-21)29(26-17)19-5-3-18(25)4-6-19/h3-10H,11-16H2,1-2H3,(H,27,30). The van der Waals surface area contributed by atoms with Crippen molar-refractivity contribution in [2.75, 3.05) is 33.4 Å². The largest absolute Gasteiger partial charge is 0.497 e. The van der Waals surface area contributed by atoms with Crippen LogP contribution in [0.3, 0.4) is 0 Å². The Bertz CT molecular complexity index is 1080. The van der Waals surface area contributed by atoms with E-state index < -0.39 is 0 Å². The highest BCUT2D eigenvalue weighted by Crippen LogP contribution is 2.32. The van der Waals surface area contributed by atoms with Crippen molar-refractivity contribution in [2.24, 2.45) is 0 Å². The summed E-state index contributed by atoms with van der Waals surface area (Å²) < 4.78 is 31.9. The van der Waals surface area contributed by atoms with Crippen molar-refractivity contribution >= 4 is 5.91 Å². The van der Waals surface area contributed by atoms with Gasteiger partial charge in [-0.05, 0) is 61.9 Å². The lowest BCUT2D eigenvalue weighted by molar-refractivity contribution is -0.127. The van der Waals surface area contributed by atoms with Crippen LogP contribution in [0, 0.1) is 12.7 Å². The number of hydrogen-bond acceptors (Lipinski definition) is 6. The highest BCUT2D eigenvalue weighted by molar-refractivity contribution is 5.75. The van der Waals surface area contributed by atoms with Crippen LogP contribution in [0.15, 0.2) is 48.5 Å². The molecule has 2 aromatic carbocycles. The van der Waals surface area contributed by atoms with Gasteiger partial charge >= 0.3 is 0 Å². The van der Waals surface area contributed by atoms with E-state index in [1.807, 2.05) is 11.9 Å². The maximum Gasteiger partial charge on any atom is 0.234 e. The van der Waals surface area contributed by atoms with Gasteiger partial charge < -0.3 is 14.2 Å². The number of nitrogens with one attached hydrogen (secondary N) is 1. The second kappa shape index (κ2) is 10.5. The lowest BCUT2D eigenvalue weighted by atomic mass is 10.1. The average molecular weight is 455 g/mol. The van der Waals surface area contributed by atoms with Gasteiger partial charge in [0.05, 0.1) is 31.7 Å². The van der Waals surface area contributed by atoms with Crippen molar-refractivity contribution in [3.05, 3.63) is 65.6 Å². The maximum atomic E-state index is 13.5. The van der Waals surface area contributed by atoms with Gasteiger partial charge in [-0.3, -0.25) is 10.2 Å². The van der Waals surface area contributed by atoms with Gasteiger partial charge in [0.25, 0.3) is 0 Å². The van der Waals surface area contributed by atoms with Crippen LogP contribution in [-0.2, 0) is 16.0 Å². The minimum absolute atomic E-state index is 0.0822. The summed E-state index contributed by atoms with van der Waals surface area (Å²) in [5.74, 6) is 1.38. The number of carbonyl (C=O) groups excluding carboxylic acids is 1. The lowest BCUT2D eigenvalue weighted by Gasteiger charge is -2.26. The molecule has 1 fully saturated rings. The number of aryl methyl sites for hydroxylation is 1. The molecule has 1 N–H and O–H groups in total.